The van der Waals surface area contributed by atoms with Crippen molar-refractivity contribution in [3.8, 4) is 17.2 Å². The highest BCUT2D eigenvalue weighted by Gasteiger charge is 2.27. The van der Waals surface area contributed by atoms with E-state index in [0.29, 0.717) is 11.0 Å². The maximum Gasteiger partial charge on any atom is 0.250 e. The molecule has 0 amide bonds. The van der Waals surface area contributed by atoms with E-state index < -0.39 is 10.0 Å². The van der Waals surface area contributed by atoms with Crippen LogP contribution in [0.2, 0.25) is 5.02 Å². The third-order valence-corrected chi connectivity index (χ3v) is 8.41. The fourth-order valence-electron chi connectivity index (χ4n) is 4.34. The van der Waals surface area contributed by atoms with Crippen LogP contribution < -0.4 is 4.90 Å². The molecule has 11 heteroatoms. The number of pyridine rings is 1. The molecule has 0 spiro atoms. The molecule has 1 aliphatic rings. The van der Waals surface area contributed by atoms with Gasteiger partial charge in [0.2, 0.25) is 10.0 Å². The first-order valence-corrected chi connectivity index (χ1v) is 13.4. The predicted molar refractivity (Wildman–Crippen MR) is 139 cm³/mol. The van der Waals surface area contributed by atoms with E-state index in [1.165, 1.54) is 24.6 Å². The topological polar surface area (TPSA) is 97.1 Å². The van der Waals surface area contributed by atoms with E-state index in [9.17, 15) is 8.42 Å². The minimum atomic E-state index is -3.50. The first-order chi connectivity index (χ1) is 17.3. The van der Waals surface area contributed by atoms with E-state index >= 15 is 0 Å². The molecular formula is C25H26ClN7O2S. The number of hydrogen-bond donors (Lipinski definition) is 0. The minimum absolute atomic E-state index is 0.188. The molecule has 1 saturated heterocycles. The monoisotopic (exact) mass is 523 g/mol. The van der Waals surface area contributed by atoms with Crippen LogP contribution >= 0.6 is 11.6 Å². The van der Waals surface area contributed by atoms with Crippen molar-refractivity contribution in [1.82, 2.24) is 29.0 Å². The maximum absolute atomic E-state index is 12.3. The second kappa shape index (κ2) is 9.96. The number of halogens is 1. The van der Waals surface area contributed by atoms with Crippen molar-refractivity contribution in [3.05, 3.63) is 77.8 Å². The average molecular weight is 524 g/mol. The van der Waals surface area contributed by atoms with Crippen molar-refractivity contribution < 1.29 is 8.42 Å². The van der Waals surface area contributed by atoms with E-state index in [2.05, 4.69) is 25.9 Å². The molecule has 186 valence electrons. The van der Waals surface area contributed by atoms with Crippen molar-refractivity contribution in [3.63, 3.8) is 0 Å². The predicted octanol–water partition coefficient (Wildman–Crippen LogP) is 4.01. The summed E-state index contributed by atoms with van der Waals surface area (Å²) in [7, 11) is -0.477. The lowest BCUT2D eigenvalue weighted by molar-refractivity contribution is 0.481. The lowest BCUT2D eigenvalue weighted by Gasteiger charge is -2.33. The third kappa shape index (κ3) is 4.84. The first kappa shape index (κ1) is 24.4. The van der Waals surface area contributed by atoms with Gasteiger partial charge >= 0.3 is 0 Å². The zero-order valence-electron chi connectivity index (χ0n) is 20.0. The second-order valence-electron chi connectivity index (χ2n) is 8.82. The van der Waals surface area contributed by atoms with Gasteiger partial charge in [0.15, 0.2) is 0 Å². The highest BCUT2D eigenvalue weighted by Crippen LogP contribution is 2.33. The van der Waals surface area contributed by atoms with Crippen molar-refractivity contribution >= 4 is 27.4 Å². The second-order valence-corrected chi connectivity index (χ2v) is 11.4. The summed E-state index contributed by atoms with van der Waals surface area (Å²) in [6.07, 6.45) is 6.63. The van der Waals surface area contributed by atoms with Crippen molar-refractivity contribution in [1.29, 1.82) is 0 Å². The third-order valence-electron chi connectivity index (χ3n) is 6.36. The molecule has 0 N–H and O–H groups in total. The zero-order valence-corrected chi connectivity index (χ0v) is 21.6. The summed E-state index contributed by atoms with van der Waals surface area (Å²) >= 11 is 6.07. The number of rotatable bonds is 6. The van der Waals surface area contributed by atoms with Crippen LogP contribution in [0.25, 0.3) is 17.2 Å². The van der Waals surface area contributed by atoms with Crippen LogP contribution in [-0.4, -0.2) is 64.6 Å². The van der Waals surface area contributed by atoms with Crippen LogP contribution in [0.15, 0.2) is 72.0 Å². The van der Waals surface area contributed by atoms with Crippen LogP contribution in [0.5, 0.6) is 0 Å². The van der Waals surface area contributed by atoms with Gasteiger partial charge < -0.3 is 4.90 Å². The molecule has 3 aromatic heterocycles. The standard InChI is InChI=1S/C25H26ClN7O2S/c1-31(2)36(34,35)21-8-9-24(29-17-21)32-14-10-19(11-15-32)23-16-22(18-4-6-20(26)7-5-18)30-33(23)25-27-12-3-13-28-25/h3-9,12-13,16-17,19H,10-11,14-15H2,1-2H3. The molecule has 0 atom stereocenters. The Hall–Kier alpha value is -3.34. The highest BCUT2D eigenvalue weighted by molar-refractivity contribution is 7.89. The van der Waals surface area contributed by atoms with Gasteiger partial charge in [-0.3, -0.25) is 0 Å². The summed E-state index contributed by atoms with van der Waals surface area (Å²) in [6.45, 7) is 1.57. The minimum Gasteiger partial charge on any atom is -0.357 e. The van der Waals surface area contributed by atoms with E-state index in [-0.39, 0.29) is 10.8 Å². The van der Waals surface area contributed by atoms with Gasteiger partial charge in [0.1, 0.15) is 10.7 Å². The van der Waals surface area contributed by atoms with Gasteiger partial charge in [0.05, 0.1) is 11.4 Å². The van der Waals surface area contributed by atoms with Crippen molar-refractivity contribution in [2.75, 3.05) is 32.1 Å². The Morgan fingerprint density at radius 1 is 0.972 bits per heavy atom. The molecule has 0 unspecified atom stereocenters. The summed E-state index contributed by atoms with van der Waals surface area (Å²) in [5, 5.41) is 5.52. The quantitative estimate of drug-likeness (QED) is 0.376. The summed E-state index contributed by atoms with van der Waals surface area (Å²) in [6, 6.07) is 14.9. The Balaban J connectivity index is 1.37. The average Bonchev–Trinajstić information content (AvgIpc) is 3.35. The molecule has 1 fully saturated rings. The van der Waals surface area contributed by atoms with Gasteiger partial charge in [-0.2, -0.15) is 5.10 Å². The SMILES string of the molecule is CN(C)S(=O)(=O)c1ccc(N2CCC(c3cc(-c4ccc(Cl)cc4)nn3-c3ncccn3)CC2)nc1. The molecule has 9 nitrogen and oxygen atoms in total. The number of piperidine rings is 1. The first-order valence-electron chi connectivity index (χ1n) is 11.6. The lowest BCUT2D eigenvalue weighted by Crippen LogP contribution is -2.34. The van der Waals surface area contributed by atoms with Gasteiger partial charge in [0.25, 0.3) is 5.95 Å². The number of sulfonamides is 1. The van der Waals surface area contributed by atoms with Gasteiger partial charge in [-0.25, -0.2) is 32.4 Å². The number of benzene rings is 1. The highest BCUT2D eigenvalue weighted by atomic mass is 35.5. The molecule has 0 saturated carbocycles. The number of aromatic nitrogens is 5. The van der Waals surface area contributed by atoms with Gasteiger partial charge in [-0.15, -0.1) is 0 Å². The summed E-state index contributed by atoms with van der Waals surface area (Å²) in [5.41, 5.74) is 2.88. The smallest absolute Gasteiger partial charge is 0.250 e. The molecule has 4 aromatic rings. The van der Waals surface area contributed by atoms with E-state index in [0.717, 1.165) is 48.7 Å². The Labute approximate surface area is 215 Å². The van der Waals surface area contributed by atoms with Gasteiger partial charge in [-0.1, -0.05) is 23.7 Å². The normalized spacial score (nSPS) is 14.9. The number of hydrogen-bond acceptors (Lipinski definition) is 7. The molecule has 0 aliphatic carbocycles. The Kier molecular flexibility index (Phi) is 6.74. The Morgan fingerprint density at radius 3 is 2.28 bits per heavy atom. The fourth-order valence-corrected chi connectivity index (χ4v) is 5.31. The van der Waals surface area contributed by atoms with Gasteiger partial charge in [0, 0.05) is 62.3 Å². The fraction of sp³-hybridized carbons (Fsp3) is 0.280. The lowest BCUT2D eigenvalue weighted by atomic mass is 9.93. The Morgan fingerprint density at radius 2 is 1.67 bits per heavy atom. The summed E-state index contributed by atoms with van der Waals surface area (Å²) in [5.74, 6) is 1.56. The van der Waals surface area contributed by atoms with Crippen LogP contribution in [0.4, 0.5) is 5.82 Å². The molecular weight excluding hydrogens is 498 g/mol. The summed E-state index contributed by atoms with van der Waals surface area (Å²) < 4.78 is 27.7. The molecule has 1 aromatic carbocycles. The van der Waals surface area contributed by atoms with E-state index in [4.69, 9.17) is 16.7 Å². The van der Waals surface area contributed by atoms with E-state index in [1.807, 2.05) is 28.9 Å². The zero-order chi connectivity index (χ0) is 25.3. The number of nitrogens with zero attached hydrogens (tertiary/aromatic N) is 7. The van der Waals surface area contributed by atoms with E-state index in [1.54, 1.807) is 30.6 Å². The molecule has 36 heavy (non-hydrogen) atoms. The molecule has 5 rings (SSSR count). The largest absolute Gasteiger partial charge is 0.357 e. The molecule has 1 aliphatic heterocycles. The van der Waals surface area contributed by atoms with Crippen LogP contribution in [0.3, 0.4) is 0 Å². The molecule has 0 bridgehead atoms. The summed E-state index contributed by atoms with van der Waals surface area (Å²) in [4.78, 5) is 15.7. The maximum atomic E-state index is 12.3. The van der Waals surface area contributed by atoms with Crippen molar-refractivity contribution in [2.45, 2.75) is 23.7 Å². The van der Waals surface area contributed by atoms with Gasteiger partial charge in [-0.05, 0) is 49.2 Å². The number of anilines is 1. The molecule has 0 radical (unpaired) electrons. The Bertz CT molecular complexity index is 1430. The molecule has 4 heterocycles. The van der Waals surface area contributed by atoms with Crippen molar-refractivity contribution in [2.24, 2.45) is 0 Å². The van der Waals surface area contributed by atoms with Crippen LogP contribution in [-0.2, 0) is 10.0 Å². The van der Waals surface area contributed by atoms with Crippen LogP contribution in [0, 0.1) is 0 Å². The van der Waals surface area contributed by atoms with Crippen LogP contribution in [0.1, 0.15) is 24.5 Å².